The maximum atomic E-state index is 13.8. The summed E-state index contributed by atoms with van der Waals surface area (Å²) < 4.78 is 10.5. The van der Waals surface area contributed by atoms with Crippen LogP contribution in [0.15, 0.2) is 84.9 Å². The lowest BCUT2D eigenvalue weighted by Gasteiger charge is -2.26. The Bertz CT molecular complexity index is 1300. The molecule has 37 heavy (non-hydrogen) atoms. The first-order valence-electron chi connectivity index (χ1n) is 11.9. The zero-order valence-electron chi connectivity index (χ0n) is 20.9. The van der Waals surface area contributed by atoms with Crippen molar-refractivity contribution in [2.75, 3.05) is 23.9 Å². The maximum Gasteiger partial charge on any atom is 0.326 e. The normalized spacial score (nSPS) is 14.8. The van der Waals surface area contributed by atoms with E-state index in [1.54, 1.807) is 63.4 Å². The predicted octanol–water partition coefficient (Wildman–Crippen LogP) is 4.62. The number of esters is 1. The van der Waals surface area contributed by atoms with Gasteiger partial charge in [-0.1, -0.05) is 48.5 Å². The molecule has 3 aromatic rings. The molecule has 0 bridgehead atoms. The lowest BCUT2D eigenvalue weighted by Crippen LogP contribution is -2.50. The number of benzene rings is 3. The predicted molar refractivity (Wildman–Crippen MR) is 142 cm³/mol. The molecule has 0 aromatic heterocycles. The highest BCUT2D eigenvalue weighted by Gasteiger charge is 2.33. The lowest BCUT2D eigenvalue weighted by atomic mass is 9.95. The Hall–Kier alpha value is -4.59. The zero-order chi connectivity index (χ0) is 26.4. The number of methoxy groups -OCH3 is 1. The van der Waals surface area contributed by atoms with Crippen LogP contribution >= 0.6 is 0 Å². The van der Waals surface area contributed by atoms with Crippen LogP contribution in [0.1, 0.15) is 25.0 Å². The summed E-state index contributed by atoms with van der Waals surface area (Å²) >= 11 is 0. The van der Waals surface area contributed by atoms with Crippen molar-refractivity contribution in [1.82, 2.24) is 5.32 Å². The van der Waals surface area contributed by atoms with Crippen LogP contribution in [0.25, 0.3) is 5.57 Å². The van der Waals surface area contributed by atoms with Gasteiger partial charge in [0.2, 0.25) is 0 Å². The van der Waals surface area contributed by atoms with Crippen LogP contribution in [0.5, 0.6) is 5.75 Å². The topological polar surface area (TPSA) is 97.0 Å². The van der Waals surface area contributed by atoms with Gasteiger partial charge in [0.05, 0.1) is 18.9 Å². The van der Waals surface area contributed by atoms with Crippen molar-refractivity contribution in [2.24, 2.45) is 0 Å². The Labute approximate surface area is 215 Å². The minimum atomic E-state index is -1.05. The molecular formula is C29H29N3O5. The molecule has 0 saturated heterocycles. The fourth-order valence-corrected chi connectivity index (χ4v) is 4.10. The van der Waals surface area contributed by atoms with Gasteiger partial charge in [0.15, 0.2) is 0 Å². The molecule has 0 aliphatic carbocycles. The number of carbonyl (C=O) groups excluding carboxylic acids is 3. The van der Waals surface area contributed by atoms with Crippen molar-refractivity contribution in [3.8, 4) is 5.75 Å². The number of ether oxygens (including phenoxy) is 2. The second-order valence-corrected chi connectivity index (χ2v) is 8.73. The van der Waals surface area contributed by atoms with Gasteiger partial charge in [-0.25, -0.2) is 4.79 Å². The Morgan fingerprint density at radius 2 is 1.62 bits per heavy atom. The van der Waals surface area contributed by atoms with Gasteiger partial charge in [-0.2, -0.15) is 0 Å². The second kappa shape index (κ2) is 11.4. The van der Waals surface area contributed by atoms with E-state index < -0.39 is 23.9 Å². The molecule has 1 aliphatic heterocycles. The molecule has 8 heteroatoms. The first-order chi connectivity index (χ1) is 17.9. The third-order valence-corrected chi connectivity index (χ3v) is 5.72. The van der Waals surface area contributed by atoms with Gasteiger partial charge in [0, 0.05) is 11.3 Å². The van der Waals surface area contributed by atoms with E-state index in [1.165, 1.54) is 4.90 Å². The Morgan fingerprint density at radius 3 is 2.30 bits per heavy atom. The highest BCUT2D eigenvalue weighted by Crippen LogP contribution is 2.35. The Morgan fingerprint density at radius 1 is 0.946 bits per heavy atom. The van der Waals surface area contributed by atoms with Crippen molar-refractivity contribution in [3.63, 3.8) is 0 Å². The number of fused-ring (bicyclic) bond motifs is 1. The van der Waals surface area contributed by atoms with E-state index in [2.05, 4.69) is 10.6 Å². The monoisotopic (exact) mass is 499 g/mol. The molecule has 0 radical (unpaired) electrons. The summed E-state index contributed by atoms with van der Waals surface area (Å²) in [4.78, 5) is 40.7. The van der Waals surface area contributed by atoms with Crippen LogP contribution in [-0.4, -0.2) is 43.7 Å². The third kappa shape index (κ3) is 6.16. The second-order valence-electron chi connectivity index (χ2n) is 8.73. The minimum Gasteiger partial charge on any atom is -0.497 e. The third-order valence-electron chi connectivity index (χ3n) is 5.72. The Balaban J connectivity index is 1.70. The van der Waals surface area contributed by atoms with Crippen LogP contribution < -0.4 is 20.3 Å². The summed E-state index contributed by atoms with van der Waals surface area (Å²) in [5, 5.41) is 5.51. The Kier molecular flexibility index (Phi) is 7.88. The van der Waals surface area contributed by atoms with Gasteiger partial charge in [-0.15, -0.1) is 0 Å². The van der Waals surface area contributed by atoms with Crippen molar-refractivity contribution in [2.45, 2.75) is 26.0 Å². The average Bonchev–Trinajstić information content (AvgIpc) is 3.00. The molecule has 1 heterocycles. The standard InChI is InChI=1S/C29H29N3O5/c1-19(2)37-27(33)18-32-26-12-8-7-11-23(26)24(20-9-5-4-6-10-20)17-25(28(32)34)31-29(35)30-21-13-15-22(36-3)16-14-21/h4-17,19,25H,18H2,1-3H3,(H2,30,31,35). The summed E-state index contributed by atoms with van der Waals surface area (Å²) in [5.74, 6) is -0.339. The summed E-state index contributed by atoms with van der Waals surface area (Å²) in [6, 6.07) is 22.2. The van der Waals surface area contributed by atoms with Crippen LogP contribution in [0.4, 0.5) is 16.2 Å². The van der Waals surface area contributed by atoms with Crippen molar-refractivity contribution < 1.29 is 23.9 Å². The largest absolute Gasteiger partial charge is 0.497 e. The van der Waals surface area contributed by atoms with Gasteiger partial charge in [-0.3, -0.25) is 14.5 Å². The van der Waals surface area contributed by atoms with E-state index in [4.69, 9.17) is 9.47 Å². The van der Waals surface area contributed by atoms with Crippen LogP contribution in [0.2, 0.25) is 0 Å². The van der Waals surface area contributed by atoms with Gasteiger partial charge in [-0.05, 0) is 61.4 Å². The molecule has 0 fully saturated rings. The molecule has 0 saturated carbocycles. The van der Waals surface area contributed by atoms with Crippen molar-refractivity contribution >= 4 is 34.9 Å². The van der Waals surface area contributed by atoms with E-state index in [0.29, 0.717) is 17.1 Å². The van der Waals surface area contributed by atoms with Gasteiger partial charge in [0.25, 0.3) is 5.91 Å². The number of para-hydroxylation sites is 1. The molecule has 1 unspecified atom stereocenters. The van der Waals surface area contributed by atoms with Crippen LogP contribution in [0, 0.1) is 0 Å². The fourth-order valence-electron chi connectivity index (χ4n) is 4.10. The fraction of sp³-hybridized carbons (Fsp3) is 0.207. The first-order valence-corrected chi connectivity index (χ1v) is 11.9. The number of nitrogens with zero attached hydrogens (tertiary/aromatic N) is 1. The number of carbonyl (C=O) groups is 3. The highest BCUT2D eigenvalue weighted by molar-refractivity contribution is 6.09. The molecular weight excluding hydrogens is 470 g/mol. The lowest BCUT2D eigenvalue weighted by molar-refractivity contribution is -0.146. The van der Waals surface area contributed by atoms with Gasteiger partial charge in [0.1, 0.15) is 18.3 Å². The first kappa shape index (κ1) is 25.5. The molecule has 1 atom stereocenters. The average molecular weight is 500 g/mol. The molecule has 8 nitrogen and oxygen atoms in total. The van der Waals surface area contributed by atoms with Crippen LogP contribution in [-0.2, 0) is 14.3 Å². The van der Waals surface area contributed by atoms with Crippen molar-refractivity contribution in [1.29, 1.82) is 0 Å². The van der Waals surface area contributed by atoms with Gasteiger partial charge >= 0.3 is 12.0 Å². The van der Waals surface area contributed by atoms with E-state index in [0.717, 1.165) is 16.7 Å². The number of urea groups is 1. The zero-order valence-corrected chi connectivity index (χ0v) is 20.9. The molecule has 4 rings (SSSR count). The summed E-state index contributed by atoms with van der Waals surface area (Å²) in [6.45, 7) is 3.21. The molecule has 2 N–H and O–H groups in total. The van der Waals surface area contributed by atoms with E-state index >= 15 is 0 Å². The number of hydrogen-bond donors (Lipinski definition) is 2. The van der Waals surface area contributed by atoms with Gasteiger partial charge < -0.3 is 20.1 Å². The number of hydrogen-bond acceptors (Lipinski definition) is 5. The molecule has 3 amide bonds. The minimum absolute atomic E-state index is 0.289. The highest BCUT2D eigenvalue weighted by atomic mass is 16.5. The molecule has 0 spiro atoms. The summed E-state index contributed by atoms with van der Waals surface area (Å²) in [7, 11) is 1.56. The number of anilines is 2. The van der Waals surface area contributed by atoms with E-state index in [-0.39, 0.29) is 12.6 Å². The van der Waals surface area contributed by atoms with Crippen molar-refractivity contribution in [3.05, 3.63) is 96.1 Å². The molecule has 1 aliphatic rings. The summed E-state index contributed by atoms with van der Waals surface area (Å²) in [5.41, 5.74) is 3.49. The molecule has 3 aromatic carbocycles. The van der Waals surface area contributed by atoms with Crippen LogP contribution in [0.3, 0.4) is 0 Å². The smallest absolute Gasteiger partial charge is 0.326 e. The number of nitrogens with one attached hydrogen (secondary N) is 2. The van der Waals surface area contributed by atoms with E-state index in [9.17, 15) is 14.4 Å². The number of rotatable bonds is 7. The summed E-state index contributed by atoms with van der Waals surface area (Å²) in [6.07, 6.45) is 1.39. The molecule has 190 valence electrons. The van der Waals surface area contributed by atoms with E-state index in [1.807, 2.05) is 42.5 Å². The quantitative estimate of drug-likeness (QED) is 0.463. The number of amides is 3. The maximum absolute atomic E-state index is 13.8. The SMILES string of the molecule is COc1ccc(NC(=O)NC2C=C(c3ccccc3)c3ccccc3N(CC(=O)OC(C)C)C2=O)cc1.